The predicted molar refractivity (Wildman–Crippen MR) is 118 cm³/mol. The van der Waals surface area contributed by atoms with Gasteiger partial charge < -0.3 is 14.4 Å². The van der Waals surface area contributed by atoms with E-state index >= 15 is 0 Å². The van der Waals surface area contributed by atoms with Gasteiger partial charge in [0.2, 0.25) is 0 Å². The molecule has 0 radical (unpaired) electrons. The molecule has 3 fully saturated rings. The molecule has 180 valence electrons. The third-order valence-electron chi connectivity index (χ3n) is 6.96. The number of fused-ring (bicyclic) bond motifs is 2. The van der Waals surface area contributed by atoms with Crippen molar-refractivity contribution < 1.29 is 22.6 Å². The molecule has 33 heavy (non-hydrogen) atoms. The zero-order valence-corrected chi connectivity index (χ0v) is 18.8. The number of piperazine rings is 1. The molecule has 0 saturated carbocycles. The van der Waals surface area contributed by atoms with Gasteiger partial charge in [-0.15, -0.1) is 13.2 Å². The van der Waals surface area contributed by atoms with Crippen molar-refractivity contribution >= 4 is 5.69 Å². The fourth-order valence-corrected chi connectivity index (χ4v) is 5.33. The van der Waals surface area contributed by atoms with Crippen LogP contribution < -0.4 is 9.64 Å². The van der Waals surface area contributed by atoms with Crippen LogP contribution in [0.15, 0.2) is 30.5 Å². The highest BCUT2D eigenvalue weighted by Crippen LogP contribution is 2.34. The van der Waals surface area contributed by atoms with Crippen molar-refractivity contribution in [2.24, 2.45) is 0 Å². The van der Waals surface area contributed by atoms with Crippen LogP contribution in [0, 0.1) is 6.92 Å². The second-order valence-electron chi connectivity index (χ2n) is 9.07. The van der Waals surface area contributed by atoms with E-state index in [0.29, 0.717) is 17.8 Å². The zero-order chi connectivity index (χ0) is 23.0. The molecule has 3 saturated heterocycles. The van der Waals surface area contributed by atoms with Crippen molar-refractivity contribution in [2.75, 3.05) is 57.4 Å². The van der Waals surface area contributed by atoms with E-state index in [1.165, 1.54) is 25.0 Å². The van der Waals surface area contributed by atoms with Crippen molar-refractivity contribution in [1.82, 2.24) is 19.6 Å². The first kappa shape index (κ1) is 22.5. The third-order valence-corrected chi connectivity index (χ3v) is 6.96. The van der Waals surface area contributed by atoms with Crippen molar-refractivity contribution in [2.45, 2.75) is 38.2 Å². The molecule has 1 aromatic carbocycles. The van der Waals surface area contributed by atoms with Gasteiger partial charge in [0, 0.05) is 51.4 Å². The Morgan fingerprint density at radius 3 is 2.33 bits per heavy atom. The smallest absolute Gasteiger partial charge is 0.406 e. The van der Waals surface area contributed by atoms with E-state index in [1.54, 1.807) is 16.8 Å². The standard InChI is InChI=1S/C23H30F3N5O2/c1-17-22(16-31(27-17)18-4-6-21(7-5-18)33-23(24,25)26)29-14-19-2-3-20(15-29)30(19)9-8-28-10-12-32-13-11-28/h4-7,16,19-20H,2-3,8-15H2,1H3/t19-,20+. The molecule has 3 aliphatic heterocycles. The summed E-state index contributed by atoms with van der Waals surface area (Å²) in [7, 11) is 0. The van der Waals surface area contributed by atoms with Gasteiger partial charge >= 0.3 is 6.36 Å². The Balaban J connectivity index is 1.23. The molecule has 3 aliphatic rings. The maximum Gasteiger partial charge on any atom is 0.573 e. The summed E-state index contributed by atoms with van der Waals surface area (Å²) in [5.41, 5.74) is 2.72. The van der Waals surface area contributed by atoms with Crippen LogP contribution >= 0.6 is 0 Å². The molecule has 0 amide bonds. The molecule has 10 heteroatoms. The second-order valence-corrected chi connectivity index (χ2v) is 9.07. The van der Waals surface area contributed by atoms with Gasteiger partial charge in [0.15, 0.2) is 0 Å². The van der Waals surface area contributed by atoms with Crippen molar-refractivity contribution in [1.29, 1.82) is 0 Å². The first-order valence-electron chi connectivity index (χ1n) is 11.6. The van der Waals surface area contributed by atoms with Crippen LogP contribution in [-0.2, 0) is 4.74 Å². The summed E-state index contributed by atoms with van der Waals surface area (Å²) < 4.78 is 48.4. The molecular formula is C23H30F3N5O2. The number of ether oxygens (including phenoxy) is 2. The number of halogens is 3. The van der Waals surface area contributed by atoms with Gasteiger partial charge in [0.25, 0.3) is 0 Å². The van der Waals surface area contributed by atoms with Gasteiger partial charge in [-0.25, -0.2) is 4.68 Å². The van der Waals surface area contributed by atoms with Gasteiger partial charge in [-0.05, 0) is 44.0 Å². The van der Waals surface area contributed by atoms with Crippen LogP contribution in [0.3, 0.4) is 0 Å². The Morgan fingerprint density at radius 1 is 1.03 bits per heavy atom. The van der Waals surface area contributed by atoms with E-state index < -0.39 is 6.36 Å². The average molecular weight is 466 g/mol. The maximum absolute atomic E-state index is 12.4. The van der Waals surface area contributed by atoms with Crippen LogP contribution in [0.1, 0.15) is 18.5 Å². The maximum atomic E-state index is 12.4. The van der Waals surface area contributed by atoms with Crippen LogP contribution in [-0.4, -0.2) is 90.5 Å². The Bertz CT molecular complexity index is 929. The van der Waals surface area contributed by atoms with E-state index in [-0.39, 0.29) is 5.75 Å². The molecule has 4 heterocycles. The summed E-state index contributed by atoms with van der Waals surface area (Å²) in [6.07, 6.45) is -0.269. The van der Waals surface area contributed by atoms with E-state index in [4.69, 9.17) is 4.74 Å². The fraction of sp³-hybridized carbons (Fsp3) is 0.609. The molecular weight excluding hydrogens is 435 g/mol. The highest BCUT2D eigenvalue weighted by atomic mass is 19.4. The minimum Gasteiger partial charge on any atom is -0.406 e. The number of hydrogen-bond donors (Lipinski definition) is 0. The quantitative estimate of drug-likeness (QED) is 0.654. The second kappa shape index (κ2) is 9.15. The number of hydrogen-bond acceptors (Lipinski definition) is 6. The largest absolute Gasteiger partial charge is 0.573 e. The zero-order valence-electron chi connectivity index (χ0n) is 18.8. The number of alkyl halides is 3. The van der Waals surface area contributed by atoms with Crippen LogP contribution in [0.25, 0.3) is 5.69 Å². The third kappa shape index (κ3) is 5.12. The Morgan fingerprint density at radius 2 is 1.70 bits per heavy atom. The first-order chi connectivity index (χ1) is 15.9. The summed E-state index contributed by atoms with van der Waals surface area (Å²) in [6, 6.07) is 6.90. The van der Waals surface area contributed by atoms with E-state index in [9.17, 15) is 13.2 Å². The Labute approximate surface area is 191 Å². The normalized spacial score (nSPS) is 24.4. The summed E-state index contributed by atoms with van der Waals surface area (Å²) in [6.45, 7) is 9.86. The Kier molecular flexibility index (Phi) is 6.24. The lowest BCUT2D eigenvalue weighted by Crippen LogP contribution is -2.55. The lowest BCUT2D eigenvalue weighted by atomic mass is 10.1. The van der Waals surface area contributed by atoms with E-state index in [0.717, 1.165) is 63.9 Å². The van der Waals surface area contributed by atoms with E-state index in [2.05, 4.69) is 24.5 Å². The van der Waals surface area contributed by atoms with Crippen LogP contribution in [0.4, 0.5) is 18.9 Å². The van der Waals surface area contributed by atoms with Crippen LogP contribution in [0.2, 0.25) is 0 Å². The number of aromatic nitrogens is 2. The summed E-state index contributed by atoms with van der Waals surface area (Å²) in [4.78, 5) is 7.60. The summed E-state index contributed by atoms with van der Waals surface area (Å²) >= 11 is 0. The molecule has 7 nitrogen and oxygen atoms in total. The van der Waals surface area contributed by atoms with Crippen molar-refractivity contribution in [3.63, 3.8) is 0 Å². The fourth-order valence-electron chi connectivity index (χ4n) is 5.33. The molecule has 0 N–H and O–H groups in total. The topological polar surface area (TPSA) is 46.0 Å². The minimum atomic E-state index is -4.69. The molecule has 0 aliphatic carbocycles. The van der Waals surface area contributed by atoms with Crippen LogP contribution in [0.5, 0.6) is 5.75 Å². The number of rotatable bonds is 6. The Hall–Kier alpha value is -2.30. The minimum absolute atomic E-state index is 0.236. The molecule has 2 atom stereocenters. The summed E-state index contributed by atoms with van der Waals surface area (Å²) in [5, 5.41) is 4.63. The molecule has 1 aromatic heterocycles. The average Bonchev–Trinajstić information content (AvgIpc) is 3.28. The number of benzene rings is 1. The van der Waals surface area contributed by atoms with Gasteiger partial charge in [-0.1, -0.05) is 0 Å². The van der Waals surface area contributed by atoms with Crippen molar-refractivity contribution in [3.05, 3.63) is 36.2 Å². The lowest BCUT2D eigenvalue weighted by Gasteiger charge is -2.42. The SMILES string of the molecule is Cc1nn(-c2ccc(OC(F)(F)F)cc2)cc1N1C[C@H]2CC[C@@H](C1)N2CCN1CCOCC1. The monoisotopic (exact) mass is 465 g/mol. The number of anilines is 1. The highest BCUT2D eigenvalue weighted by molar-refractivity contribution is 5.52. The van der Waals surface area contributed by atoms with Gasteiger partial charge in [-0.2, -0.15) is 5.10 Å². The lowest BCUT2D eigenvalue weighted by molar-refractivity contribution is -0.274. The summed E-state index contributed by atoms with van der Waals surface area (Å²) in [5.74, 6) is -0.236. The molecule has 0 spiro atoms. The first-order valence-corrected chi connectivity index (χ1v) is 11.6. The molecule has 2 aromatic rings. The number of aryl methyl sites for hydroxylation is 1. The molecule has 5 rings (SSSR count). The highest BCUT2D eigenvalue weighted by Gasteiger charge is 2.40. The number of nitrogens with zero attached hydrogens (tertiary/aromatic N) is 5. The number of morpholine rings is 1. The predicted octanol–water partition coefficient (Wildman–Crippen LogP) is 3.06. The van der Waals surface area contributed by atoms with Gasteiger partial charge in [0.1, 0.15) is 5.75 Å². The van der Waals surface area contributed by atoms with Gasteiger partial charge in [-0.3, -0.25) is 9.80 Å². The molecule has 2 bridgehead atoms. The molecule has 0 unspecified atom stereocenters. The van der Waals surface area contributed by atoms with E-state index in [1.807, 2.05) is 13.1 Å². The van der Waals surface area contributed by atoms with Crippen molar-refractivity contribution in [3.8, 4) is 11.4 Å². The van der Waals surface area contributed by atoms with Gasteiger partial charge in [0.05, 0.1) is 36.5 Å².